The highest BCUT2D eigenvalue weighted by Crippen LogP contribution is 2.31. The molecule has 20 heavy (non-hydrogen) atoms. The summed E-state index contributed by atoms with van der Waals surface area (Å²) in [6, 6.07) is 6.01. The number of aromatic nitrogens is 2. The van der Waals surface area contributed by atoms with Crippen molar-refractivity contribution in [2.45, 2.75) is 32.7 Å². The quantitative estimate of drug-likeness (QED) is 0.911. The molecule has 1 N–H and O–H groups in total. The molecule has 0 spiro atoms. The molecule has 1 aliphatic rings. The largest absolute Gasteiger partial charge is 0.476 e. The Morgan fingerprint density at radius 2 is 2.20 bits per heavy atom. The zero-order valence-electron chi connectivity index (χ0n) is 11.2. The molecule has 1 aliphatic heterocycles. The molecule has 5 heteroatoms. The summed E-state index contributed by atoms with van der Waals surface area (Å²) in [6.45, 7) is 2.86. The number of benzene rings is 1. The van der Waals surface area contributed by atoms with Crippen molar-refractivity contribution in [1.82, 2.24) is 9.55 Å². The van der Waals surface area contributed by atoms with Gasteiger partial charge < -0.3 is 9.67 Å². The predicted octanol–water partition coefficient (Wildman–Crippen LogP) is 3.66. The fourth-order valence-electron chi connectivity index (χ4n) is 2.76. The van der Waals surface area contributed by atoms with Gasteiger partial charge in [0.2, 0.25) is 0 Å². The van der Waals surface area contributed by atoms with Gasteiger partial charge in [0, 0.05) is 16.6 Å². The number of fused-ring (bicyclic) bond motifs is 1. The molecule has 0 fully saturated rings. The fraction of sp³-hybridized carbons (Fsp3) is 0.333. The maximum Gasteiger partial charge on any atom is 0.356 e. The molecule has 2 heterocycles. The van der Waals surface area contributed by atoms with Crippen molar-refractivity contribution in [3.63, 3.8) is 0 Å². The van der Waals surface area contributed by atoms with E-state index in [-0.39, 0.29) is 5.69 Å². The van der Waals surface area contributed by atoms with E-state index in [9.17, 15) is 9.90 Å². The van der Waals surface area contributed by atoms with Crippen molar-refractivity contribution in [3.8, 4) is 11.4 Å². The Morgan fingerprint density at radius 3 is 2.95 bits per heavy atom. The van der Waals surface area contributed by atoms with Crippen LogP contribution in [0.1, 0.15) is 34.6 Å². The number of aromatic carboxylic acids is 1. The van der Waals surface area contributed by atoms with Crippen LogP contribution in [0.3, 0.4) is 0 Å². The predicted molar refractivity (Wildman–Crippen MR) is 80.0 cm³/mol. The number of aryl methyl sites for hydroxylation is 1. The van der Waals surface area contributed by atoms with E-state index in [1.807, 2.05) is 25.1 Å². The molecule has 1 aromatic heterocycles. The molecule has 104 valence electrons. The van der Waals surface area contributed by atoms with E-state index in [2.05, 4.69) is 25.5 Å². The van der Waals surface area contributed by atoms with Crippen molar-refractivity contribution in [3.05, 3.63) is 39.6 Å². The summed E-state index contributed by atoms with van der Waals surface area (Å²) in [5.41, 5.74) is 3.16. The van der Waals surface area contributed by atoms with Crippen molar-refractivity contribution in [2.24, 2.45) is 0 Å². The molecule has 3 rings (SSSR count). The highest BCUT2D eigenvalue weighted by molar-refractivity contribution is 9.10. The highest BCUT2D eigenvalue weighted by Gasteiger charge is 2.25. The van der Waals surface area contributed by atoms with E-state index >= 15 is 0 Å². The van der Waals surface area contributed by atoms with Crippen molar-refractivity contribution >= 4 is 21.9 Å². The fourth-order valence-corrected chi connectivity index (χ4v) is 3.12. The second kappa shape index (κ2) is 5.05. The Hall–Kier alpha value is -1.62. The van der Waals surface area contributed by atoms with Gasteiger partial charge in [0.15, 0.2) is 5.69 Å². The number of rotatable bonds is 2. The van der Waals surface area contributed by atoms with E-state index in [4.69, 9.17) is 0 Å². The maximum atomic E-state index is 11.4. The second-order valence-electron chi connectivity index (χ2n) is 5.10. The van der Waals surface area contributed by atoms with E-state index in [1.54, 1.807) is 0 Å². The van der Waals surface area contributed by atoms with Crippen LogP contribution >= 0.6 is 15.9 Å². The van der Waals surface area contributed by atoms with Crippen LogP contribution in [0.25, 0.3) is 11.4 Å². The van der Waals surface area contributed by atoms with Crippen LogP contribution in [0.4, 0.5) is 0 Å². The zero-order valence-corrected chi connectivity index (χ0v) is 12.8. The zero-order chi connectivity index (χ0) is 14.3. The third-order valence-electron chi connectivity index (χ3n) is 3.76. The van der Waals surface area contributed by atoms with Crippen LogP contribution in [-0.2, 0) is 13.0 Å². The number of halogens is 1. The Labute approximate surface area is 125 Å². The molecular formula is C15H15BrN2O2. The molecule has 2 aromatic rings. The van der Waals surface area contributed by atoms with Crippen molar-refractivity contribution in [1.29, 1.82) is 0 Å². The summed E-state index contributed by atoms with van der Waals surface area (Å²) >= 11 is 3.47. The molecule has 0 unspecified atom stereocenters. The number of carbonyl (C=O) groups is 1. The van der Waals surface area contributed by atoms with Crippen molar-refractivity contribution in [2.75, 3.05) is 0 Å². The standard InChI is InChI=1S/C15H15BrN2O2/c1-9-5-6-10(16)8-11(9)14-17-13(15(19)20)12-4-2-3-7-18(12)14/h5-6,8H,2-4,7H2,1H3,(H,19,20). The summed E-state index contributed by atoms with van der Waals surface area (Å²) < 4.78 is 3.05. The van der Waals surface area contributed by atoms with Gasteiger partial charge in [-0.05, 0) is 43.9 Å². The van der Waals surface area contributed by atoms with Crippen LogP contribution in [0.5, 0.6) is 0 Å². The van der Waals surface area contributed by atoms with Crippen LogP contribution in [0.2, 0.25) is 0 Å². The van der Waals surface area contributed by atoms with E-state index in [0.29, 0.717) is 0 Å². The van der Waals surface area contributed by atoms with Gasteiger partial charge in [-0.3, -0.25) is 0 Å². The van der Waals surface area contributed by atoms with Gasteiger partial charge >= 0.3 is 5.97 Å². The third kappa shape index (κ3) is 2.16. The summed E-state index contributed by atoms with van der Waals surface area (Å²) in [7, 11) is 0. The lowest BCUT2D eigenvalue weighted by molar-refractivity contribution is 0.0689. The molecular weight excluding hydrogens is 320 g/mol. The number of hydrogen-bond donors (Lipinski definition) is 1. The molecule has 0 aliphatic carbocycles. The first-order chi connectivity index (χ1) is 9.58. The molecule has 1 aromatic carbocycles. The first-order valence-corrected chi connectivity index (χ1v) is 7.46. The number of nitrogens with zero attached hydrogens (tertiary/aromatic N) is 2. The first-order valence-electron chi connectivity index (χ1n) is 6.67. The molecule has 0 bridgehead atoms. The Bertz CT molecular complexity index is 691. The lowest BCUT2D eigenvalue weighted by Gasteiger charge is -2.17. The van der Waals surface area contributed by atoms with Gasteiger partial charge in [-0.25, -0.2) is 9.78 Å². The first kappa shape index (κ1) is 13.4. The van der Waals surface area contributed by atoms with Crippen molar-refractivity contribution < 1.29 is 9.90 Å². The second-order valence-corrected chi connectivity index (χ2v) is 6.02. The van der Waals surface area contributed by atoms with E-state index in [0.717, 1.165) is 52.9 Å². The normalized spacial score (nSPS) is 14.1. The monoisotopic (exact) mass is 334 g/mol. The number of carboxylic acid groups (broad SMARTS) is 1. The summed E-state index contributed by atoms with van der Waals surface area (Å²) in [5.74, 6) is -0.162. The SMILES string of the molecule is Cc1ccc(Br)cc1-c1nc(C(=O)O)c2n1CCCC2. The molecule has 0 amide bonds. The average Bonchev–Trinajstić information content (AvgIpc) is 2.81. The third-order valence-corrected chi connectivity index (χ3v) is 4.25. The van der Waals surface area contributed by atoms with Crippen LogP contribution < -0.4 is 0 Å². The van der Waals surface area contributed by atoms with Gasteiger partial charge in [0.1, 0.15) is 5.82 Å². The smallest absolute Gasteiger partial charge is 0.356 e. The Morgan fingerprint density at radius 1 is 1.40 bits per heavy atom. The summed E-state index contributed by atoms with van der Waals surface area (Å²) in [6.07, 6.45) is 2.90. The number of hydrogen-bond acceptors (Lipinski definition) is 2. The summed E-state index contributed by atoms with van der Waals surface area (Å²) in [4.78, 5) is 15.8. The molecule has 0 saturated carbocycles. The number of carboxylic acids is 1. The van der Waals surface area contributed by atoms with Gasteiger partial charge in [-0.15, -0.1) is 0 Å². The lowest BCUT2D eigenvalue weighted by Crippen LogP contribution is -2.13. The Balaban J connectivity index is 2.23. The number of imidazole rings is 1. The minimum Gasteiger partial charge on any atom is -0.476 e. The van der Waals surface area contributed by atoms with Crippen LogP contribution in [-0.4, -0.2) is 20.6 Å². The van der Waals surface area contributed by atoms with E-state index < -0.39 is 5.97 Å². The van der Waals surface area contributed by atoms with Crippen LogP contribution in [0, 0.1) is 6.92 Å². The molecule has 4 nitrogen and oxygen atoms in total. The maximum absolute atomic E-state index is 11.4. The van der Waals surface area contributed by atoms with E-state index in [1.165, 1.54) is 0 Å². The van der Waals surface area contributed by atoms with Gasteiger partial charge in [-0.2, -0.15) is 0 Å². The van der Waals surface area contributed by atoms with Gasteiger partial charge in [0.05, 0.1) is 5.69 Å². The molecule has 0 atom stereocenters. The van der Waals surface area contributed by atoms with Gasteiger partial charge in [-0.1, -0.05) is 22.0 Å². The van der Waals surface area contributed by atoms with Crippen LogP contribution in [0.15, 0.2) is 22.7 Å². The molecule has 0 saturated heterocycles. The van der Waals surface area contributed by atoms with Gasteiger partial charge in [0.25, 0.3) is 0 Å². The minimum atomic E-state index is -0.936. The lowest BCUT2D eigenvalue weighted by atomic mass is 10.1. The Kier molecular flexibility index (Phi) is 3.38. The topological polar surface area (TPSA) is 55.1 Å². The average molecular weight is 335 g/mol. The molecule has 0 radical (unpaired) electrons. The highest BCUT2D eigenvalue weighted by atomic mass is 79.9. The minimum absolute atomic E-state index is 0.207. The summed E-state index contributed by atoms with van der Waals surface area (Å²) in [5, 5.41) is 9.34.